The van der Waals surface area contributed by atoms with E-state index in [1.165, 1.54) is 0 Å². The van der Waals surface area contributed by atoms with E-state index in [4.69, 9.17) is 11.5 Å². The van der Waals surface area contributed by atoms with E-state index in [9.17, 15) is 4.79 Å². The summed E-state index contributed by atoms with van der Waals surface area (Å²) in [6.45, 7) is 4.65. The van der Waals surface area contributed by atoms with Gasteiger partial charge in [0.25, 0.3) is 5.91 Å². The summed E-state index contributed by atoms with van der Waals surface area (Å²) in [5.41, 5.74) is 12.6. The van der Waals surface area contributed by atoms with Crippen molar-refractivity contribution in [1.29, 1.82) is 0 Å². The van der Waals surface area contributed by atoms with Gasteiger partial charge in [-0.2, -0.15) is 0 Å². The van der Waals surface area contributed by atoms with Crippen molar-refractivity contribution in [3.8, 4) is 0 Å². The summed E-state index contributed by atoms with van der Waals surface area (Å²) in [5, 5.41) is 4.02. The Morgan fingerprint density at radius 1 is 1.35 bits per heavy atom. The van der Waals surface area contributed by atoms with Crippen LogP contribution in [0.5, 0.6) is 0 Å². The predicted octanol–water partition coefficient (Wildman–Crippen LogP) is 1.73. The third-order valence-electron chi connectivity index (χ3n) is 3.35. The molecule has 0 fully saturated rings. The summed E-state index contributed by atoms with van der Waals surface area (Å²) in [6, 6.07) is 9.35. The number of carbonyl (C=O) groups is 1. The normalized spacial score (nSPS) is 12.6. The molecule has 1 amide bonds. The molecule has 5 N–H and O–H groups in total. The van der Waals surface area contributed by atoms with Crippen LogP contribution in [0.4, 0.5) is 5.82 Å². The van der Waals surface area contributed by atoms with Gasteiger partial charge in [0.2, 0.25) is 0 Å². The van der Waals surface area contributed by atoms with Crippen LogP contribution in [0, 0.1) is 5.92 Å². The number of aromatic nitrogens is 1. The van der Waals surface area contributed by atoms with Crippen LogP contribution < -0.4 is 16.8 Å². The maximum Gasteiger partial charge on any atom is 0.252 e. The van der Waals surface area contributed by atoms with Crippen LogP contribution in [0.15, 0.2) is 30.3 Å². The predicted molar refractivity (Wildman–Crippen MR) is 81.6 cm³/mol. The Kier molecular flexibility index (Phi) is 4.20. The number of benzene rings is 1. The van der Waals surface area contributed by atoms with Crippen molar-refractivity contribution >= 4 is 22.6 Å². The van der Waals surface area contributed by atoms with Gasteiger partial charge in [-0.3, -0.25) is 4.79 Å². The molecule has 0 radical (unpaired) electrons. The van der Waals surface area contributed by atoms with Crippen molar-refractivity contribution < 1.29 is 4.79 Å². The van der Waals surface area contributed by atoms with Gasteiger partial charge in [0.1, 0.15) is 5.82 Å². The fourth-order valence-corrected chi connectivity index (χ4v) is 1.89. The highest BCUT2D eigenvalue weighted by Crippen LogP contribution is 2.20. The Labute approximate surface area is 118 Å². The summed E-state index contributed by atoms with van der Waals surface area (Å²) in [5.74, 6) is 0.344. The van der Waals surface area contributed by atoms with Gasteiger partial charge >= 0.3 is 0 Å². The molecule has 0 aliphatic carbocycles. The van der Waals surface area contributed by atoms with Crippen LogP contribution in [0.25, 0.3) is 10.9 Å². The van der Waals surface area contributed by atoms with Gasteiger partial charge < -0.3 is 16.8 Å². The Hall–Kier alpha value is -2.14. The number of anilines is 1. The molecule has 1 aromatic heterocycles. The highest BCUT2D eigenvalue weighted by Gasteiger charge is 2.13. The van der Waals surface area contributed by atoms with Crippen LogP contribution >= 0.6 is 0 Å². The number of primary amides is 1. The van der Waals surface area contributed by atoms with E-state index in [0.29, 0.717) is 23.8 Å². The van der Waals surface area contributed by atoms with E-state index >= 15 is 0 Å². The van der Waals surface area contributed by atoms with Gasteiger partial charge in [0.15, 0.2) is 0 Å². The first-order chi connectivity index (χ1) is 9.49. The van der Waals surface area contributed by atoms with E-state index in [-0.39, 0.29) is 6.04 Å². The number of pyridine rings is 1. The van der Waals surface area contributed by atoms with Gasteiger partial charge in [-0.25, -0.2) is 4.98 Å². The Bertz CT molecular complexity index is 624. The quantitative estimate of drug-likeness (QED) is 0.772. The molecule has 0 aliphatic heterocycles. The number of carbonyl (C=O) groups excluding carboxylic acids is 1. The molecule has 1 aromatic carbocycles. The van der Waals surface area contributed by atoms with E-state index < -0.39 is 5.91 Å². The lowest BCUT2D eigenvalue weighted by molar-refractivity contribution is 0.100. The monoisotopic (exact) mass is 272 g/mol. The number of hydrogen-bond acceptors (Lipinski definition) is 4. The first kappa shape index (κ1) is 14.3. The van der Waals surface area contributed by atoms with E-state index in [2.05, 4.69) is 24.1 Å². The van der Waals surface area contributed by atoms with Crippen LogP contribution in [-0.2, 0) is 0 Å². The lowest BCUT2D eigenvalue weighted by atomic mass is 10.1. The number of fused-ring (bicyclic) bond motifs is 1. The highest BCUT2D eigenvalue weighted by atomic mass is 16.1. The van der Waals surface area contributed by atoms with Crippen molar-refractivity contribution in [3.05, 3.63) is 35.9 Å². The lowest BCUT2D eigenvalue weighted by Gasteiger charge is -2.18. The molecule has 1 unspecified atom stereocenters. The van der Waals surface area contributed by atoms with Crippen LogP contribution in [0.1, 0.15) is 24.2 Å². The third-order valence-corrected chi connectivity index (χ3v) is 3.35. The minimum Gasteiger partial charge on any atom is -0.368 e. The molecule has 106 valence electrons. The fourth-order valence-electron chi connectivity index (χ4n) is 1.89. The molecule has 1 heterocycles. The zero-order valence-electron chi connectivity index (χ0n) is 11.8. The molecule has 20 heavy (non-hydrogen) atoms. The molecule has 0 saturated carbocycles. The van der Waals surface area contributed by atoms with E-state index in [1.807, 2.05) is 24.3 Å². The summed E-state index contributed by atoms with van der Waals surface area (Å²) in [7, 11) is 0. The first-order valence-corrected chi connectivity index (χ1v) is 6.68. The average molecular weight is 272 g/mol. The number of rotatable bonds is 5. The minimum absolute atomic E-state index is 0.0102. The second kappa shape index (κ2) is 5.88. The number of nitrogens with two attached hydrogens (primary N) is 2. The molecule has 2 rings (SSSR count). The maximum absolute atomic E-state index is 11.6. The van der Waals surface area contributed by atoms with E-state index in [1.54, 1.807) is 6.07 Å². The molecule has 1 atom stereocenters. The Morgan fingerprint density at radius 2 is 2.05 bits per heavy atom. The van der Waals surface area contributed by atoms with Gasteiger partial charge in [0, 0.05) is 18.0 Å². The molecule has 0 aliphatic rings. The van der Waals surface area contributed by atoms with Crippen molar-refractivity contribution in [2.75, 3.05) is 11.9 Å². The molecule has 5 nitrogen and oxygen atoms in total. The average Bonchev–Trinajstić information content (AvgIpc) is 2.43. The van der Waals surface area contributed by atoms with E-state index in [0.717, 1.165) is 10.9 Å². The molecule has 2 aromatic rings. The van der Waals surface area contributed by atoms with Gasteiger partial charge in [-0.05, 0) is 18.1 Å². The highest BCUT2D eigenvalue weighted by molar-refractivity contribution is 6.01. The lowest BCUT2D eigenvalue weighted by Crippen LogP contribution is -2.34. The van der Waals surface area contributed by atoms with Crippen LogP contribution in [0.3, 0.4) is 0 Å². The molecule has 0 saturated heterocycles. The van der Waals surface area contributed by atoms with Crippen molar-refractivity contribution in [2.45, 2.75) is 19.9 Å². The SMILES string of the molecule is CC(C)C(N)CNc1nc2ccccc2cc1C(N)=O. The maximum atomic E-state index is 11.6. The smallest absolute Gasteiger partial charge is 0.252 e. The molecule has 0 bridgehead atoms. The first-order valence-electron chi connectivity index (χ1n) is 6.68. The fraction of sp³-hybridized carbons (Fsp3) is 0.333. The van der Waals surface area contributed by atoms with Crippen molar-refractivity contribution in [1.82, 2.24) is 4.98 Å². The second-order valence-electron chi connectivity index (χ2n) is 5.23. The zero-order valence-corrected chi connectivity index (χ0v) is 11.8. The third kappa shape index (κ3) is 3.05. The van der Waals surface area contributed by atoms with Crippen LogP contribution in [-0.4, -0.2) is 23.5 Å². The van der Waals surface area contributed by atoms with Crippen LogP contribution in [0.2, 0.25) is 0 Å². The number of nitrogens with zero attached hydrogens (tertiary/aromatic N) is 1. The zero-order chi connectivity index (χ0) is 14.7. The molecule has 5 heteroatoms. The number of para-hydroxylation sites is 1. The summed E-state index contributed by atoms with van der Waals surface area (Å²) in [4.78, 5) is 16.0. The van der Waals surface area contributed by atoms with Gasteiger partial charge in [0.05, 0.1) is 11.1 Å². The minimum atomic E-state index is -0.496. The van der Waals surface area contributed by atoms with Crippen molar-refractivity contribution in [2.24, 2.45) is 17.4 Å². The second-order valence-corrected chi connectivity index (χ2v) is 5.23. The van der Waals surface area contributed by atoms with Gasteiger partial charge in [-0.1, -0.05) is 32.0 Å². The topological polar surface area (TPSA) is 94.0 Å². The number of nitrogens with one attached hydrogen (secondary N) is 1. The summed E-state index contributed by atoms with van der Waals surface area (Å²) < 4.78 is 0. The molecular weight excluding hydrogens is 252 g/mol. The Morgan fingerprint density at radius 3 is 2.70 bits per heavy atom. The molecular formula is C15H20N4O. The summed E-state index contributed by atoms with van der Waals surface area (Å²) >= 11 is 0. The Balaban J connectivity index is 2.34. The molecule has 0 spiro atoms. The number of hydrogen-bond donors (Lipinski definition) is 3. The standard InChI is InChI=1S/C15H20N4O/c1-9(2)12(16)8-18-15-11(14(17)20)7-10-5-3-4-6-13(10)19-15/h3-7,9,12H,8,16H2,1-2H3,(H2,17,20)(H,18,19). The van der Waals surface area contributed by atoms with Crippen molar-refractivity contribution in [3.63, 3.8) is 0 Å². The summed E-state index contributed by atoms with van der Waals surface area (Å²) in [6.07, 6.45) is 0. The largest absolute Gasteiger partial charge is 0.368 e. The number of amides is 1. The van der Waals surface area contributed by atoms with Gasteiger partial charge in [-0.15, -0.1) is 0 Å².